The van der Waals surface area contributed by atoms with Crippen molar-refractivity contribution >= 4 is 11.9 Å². The zero-order chi connectivity index (χ0) is 16.9. The van der Waals surface area contributed by atoms with Crippen LogP contribution < -0.4 is 0 Å². The zero-order valence-electron chi connectivity index (χ0n) is 12.6. The summed E-state index contributed by atoms with van der Waals surface area (Å²) >= 11 is 0. The summed E-state index contributed by atoms with van der Waals surface area (Å²) in [6.07, 6.45) is 4.36. The Bertz CT molecular complexity index is 788. The number of furan rings is 2. The number of carboxylic acid groups (broad SMARTS) is 1. The highest BCUT2D eigenvalue weighted by Gasteiger charge is 2.20. The molecule has 0 aromatic carbocycles. The third-order valence-corrected chi connectivity index (χ3v) is 3.37. The van der Waals surface area contributed by atoms with Crippen LogP contribution in [0.1, 0.15) is 32.4 Å². The second kappa shape index (κ2) is 6.82. The van der Waals surface area contributed by atoms with Crippen LogP contribution >= 0.6 is 0 Å². The van der Waals surface area contributed by atoms with E-state index in [0.29, 0.717) is 11.5 Å². The van der Waals surface area contributed by atoms with E-state index in [2.05, 4.69) is 4.98 Å². The molecular formula is C17H14N2O5. The third kappa shape index (κ3) is 3.52. The molecule has 0 aliphatic rings. The lowest BCUT2D eigenvalue weighted by Crippen LogP contribution is -2.30. The van der Waals surface area contributed by atoms with Crippen LogP contribution in [0.4, 0.5) is 0 Å². The molecule has 3 aromatic heterocycles. The summed E-state index contributed by atoms with van der Waals surface area (Å²) < 4.78 is 10.6. The summed E-state index contributed by atoms with van der Waals surface area (Å²) in [5.41, 5.74) is 0.0531. The Balaban J connectivity index is 1.87. The van der Waals surface area contributed by atoms with E-state index in [1.807, 2.05) is 0 Å². The summed E-state index contributed by atoms with van der Waals surface area (Å²) in [4.78, 5) is 29.1. The Morgan fingerprint density at radius 2 is 1.67 bits per heavy atom. The van der Waals surface area contributed by atoms with Crippen molar-refractivity contribution in [2.75, 3.05) is 0 Å². The first-order valence-corrected chi connectivity index (χ1v) is 7.17. The molecule has 0 radical (unpaired) electrons. The zero-order valence-corrected chi connectivity index (χ0v) is 12.6. The highest BCUT2D eigenvalue weighted by Crippen LogP contribution is 2.15. The lowest BCUT2D eigenvalue weighted by atomic mass is 10.2. The number of carboxylic acids is 1. The second-order valence-corrected chi connectivity index (χ2v) is 5.05. The van der Waals surface area contributed by atoms with E-state index in [0.717, 1.165) is 0 Å². The average molecular weight is 326 g/mol. The van der Waals surface area contributed by atoms with E-state index in [1.54, 1.807) is 24.3 Å². The molecule has 0 atom stereocenters. The number of amides is 1. The normalized spacial score (nSPS) is 10.5. The molecule has 7 nitrogen and oxygen atoms in total. The molecule has 0 aliphatic heterocycles. The Hall–Kier alpha value is -3.35. The maximum atomic E-state index is 12.8. The lowest BCUT2D eigenvalue weighted by Gasteiger charge is -2.20. The average Bonchev–Trinajstić information content (AvgIpc) is 3.27. The van der Waals surface area contributed by atoms with Gasteiger partial charge in [-0.15, -0.1) is 0 Å². The molecule has 0 fully saturated rings. The van der Waals surface area contributed by atoms with E-state index in [-0.39, 0.29) is 30.3 Å². The number of carbonyl (C=O) groups excluding carboxylic acids is 1. The fourth-order valence-corrected chi connectivity index (χ4v) is 2.24. The quantitative estimate of drug-likeness (QED) is 0.748. The summed E-state index contributed by atoms with van der Waals surface area (Å²) in [7, 11) is 0. The Morgan fingerprint density at radius 3 is 2.17 bits per heavy atom. The maximum absolute atomic E-state index is 12.8. The standard InChI is InChI=1S/C17H14N2O5/c20-16(12-5-6-18-15(9-12)17(21)22)19(10-13-3-1-7-23-13)11-14-4-2-8-24-14/h1-9H,10-11H2,(H,21,22). The van der Waals surface area contributed by atoms with Gasteiger partial charge in [0.1, 0.15) is 17.2 Å². The highest BCUT2D eigenvalue weighted by molar-refractivity contribution is 5.96. The van der Waals surface area contributed by atoms with E-state index in [4.69, 9.17) is 13.9 Å². The molecule has 3 heterocycles. The van der Waals surface area contributed by atoms with Gasteiger partial charge in [0.25, 0.3) is 5.91 Å². The minimum atomic E-state index is -1.19. The van der Waals surface area contributed by atoms with E-state index < -0.39 is 5.97 Å². The molecule has 0 saturated carbocycles. The van der Waals surface area contributed by atoms with Crippen molar-refractivity contribution in [3.8, 4) is 0 Å². The lowest BCUT2D eigenvalue weighted by molar-refractivity contribution is 0.0690. The molecule has 0 aliphatic carbocycles. The predicted molar refractivity (Wildman–Crippen MR) is 82.2 cm³/mol. The molecule has 3 aromatic rings. The van der Waals surface area contributed by atoms with Gasteiger partial charge in [-0.1, -0.05) is 0 Å². The molecule has 24 heavy (non-hydrogen) atoms. The minimum Gasteiger partial charge on any atom is -0.477 e. The van der Waals surface area contributed by atoms with Gasteiger partial charge in [-0.3, -0.25) is 4.79 Å². The van der Waals surface area contributed by atoms with Gasteiger partial charge >= 0.3 is 5.97 Å². The predicted octanol–water partition coefficient (Wildman–Crippen LogP) is 2.81. The van der Waals surface area contributed by atoms with Gasteiger partial charge in [-0.2, -0.15) is 0 Å². The topological polar surface area (TPSA) is 96.8 Å². The summed E-state index contributed by atoms with van der Waals surface area (Å²) in [5.74, 6) is -0.300. The SMILES string of the molecule is O=C(O)c1cc(C(=O)N(Cc2ccco2)Cc2ccco2)ccn1. The van der Waals surface area contributed by atoms with Crippen LogP contribution in [-0.2, 0) is 13.1 Å². The van der Waals surface area contributed by atoms with E-state index in [1.165, 1.54) is 35.8 Å². The van der Waals surface area contributed by atoms with E-state index >= 15 is 0 Å². The summed E-state index contributed by atoms with van der Waals surface area (Å²) in [5, 5.41) is 9.03. The van der Waals surface area contributed by atoms with Crippen molar-refractivity contribution in [2.45, 2.75) is 13.1 Å². The second-order valence-electron chi connectivity index (χ2n) is 5.05. The van der Waals surface area contributed by atoms with Crippen LogP contribution in [0.5, 0.6) is 0 Å². The first kappa shape index (κ1) is 15.5. The molecule has 7 heteroatoms. The number of hydrogen-bond acceptors (Lipinski definition) is 5. The van der Waals surface area contributed by atoms with Gasteiger partial charge in [-0.25, -0.2) is 9.78 Å². The van der Waals surface area contributed by atoms with Gasteiger partial charge in [0.15, 0.2) is 0 Å². The van der Waals surface area contributed by atoms with Crippen LogP contribution in [-0.4, -0.2) is 26.9 Å². The van der Waals surface area contributed by atoms with Crippen molar-refractivity contribution in [3.63, 3.8) is 0 Å². The smallest absolute Gasteiger partial charge is 0.354 e. The van der Waals surface area contributed by atoms with Crippen LogP contribution in [0.3, 0.4) is 0 Å². The van der Waals surface area contributed by atoms with Crippen molar-refractivity contribution in [1.82, 2.24) is 9.88 Å². The Morgan fingerprint density at radius 1 is 1.04 bits per heavy atom. The first-order chi connectivity index (χ1) is 11.6. The molecule has 0 saturated heterocycles. The molecule has 0 unspecified atom stereocenters. The number of pyridine rings is 1. The van der Waals surface area contributed by atoms with Gasteiger partial charge in [-0.05, 0) is 36.4 Å². The van der Waals surface area contributed by atoms with Crippen LogP contribution in [0, 0.1) is 0 Å². The van der Waals surface area contributed by atoms with Crippen molar-refractivity contribution < 1.29 is 23.5 Å². The fraction of sp³-hybridized carbons (Fsp3) is 0.118. The molecular weight excluding hydrogens is 312 g/mol. The fourth-order valence-electron chi connectivity index (χ4n) is 2.24. The van der Waals surface area contributed by atoms with Gasteiger partial charge in [0.2, 0.25) is 0 Å². The first-order valence-electron chi connectivity index (χ1n) is 7.17. The van der Waals surface area contributed by atoms with Crippen molar-refractivity contribution in [3.05, 3.63) is 77.9 Å². The number of hydrogen-bond donors (Lipinski definition) is 1. The van der Waals surface area contributed by atoms with Crippen LogP contribution in [0.15, 0.2) is 64.0 Å². The Labute approximate surface area is 137 Å². The maximum Gasteiger partial charge on any atom is 0.354 e. The monoisotopic (exact) mass is 326 g/mol. The van der Waals surface area contributed by atoms with Gasteiger partial charge in [0, 0.05) is 11.8 Å². The van der Waals surface area contributed by atoms with Gasteiger partial charge < -0.3 is 18.8 Å². The summed E-state index contributed by atoms with van der Waals surface area (Å²) in [6.45, 7) is 0.467. The van der Waals surface area contributed by atoms with Crippen molar-refractivity contribution in [1.29, 1.82) is 0 Å². The van der Waals surface area contributed by atoms with Crippen molar-refractivity contribution in [2.24, 2.45) is 0 Å². The minimum absolute atomic E-state index is 0.184. The molecule has 0 spiro atoms. The molecule has 1 amide bonds. The number of nitrogens with zero attached hydrogens (tertiary/aromatic N) is 2. The number of aromatic carboxylic acids is 1. The molecule has 3 rings (SSSR count). The third-order valence-electron chi connectivity index (χ3n) is 3.37. The molecule has 122 valence electrons. The molecule has 1 N–H and O–H groups in total. The van der Waals surface area contributed by atoms with Gasteiger partial charge in [0.05, 0.1) is 25.6 Å². The summed E-state index contributed by atoms with van der Waals surface area (Å²) in [6, 6.07) is 9.73. The van der Waals surface area contributed by atoms with E-state index in [9.17, 15) is 9.59 Å². The number of carbonyl (C=O) groups is 2. The highest BCUT2D eigenvalue weighted by atomic mass is 16.4. The largest absolute Gasteiger partial charge is 0.477 e. The van der Waals surface area contributed by atoms with Crippen LogP contribution in [0.2, 0.25) is 0 Å². The van der Waals surface area contributed by atoms with Crippen LogP contribution in [0.25, 0.3) is 0 Å². The molecule has 0 bridgehead atoms. The Kier molecular flexibility index (Phi) is 4.42. The number of aromatic nitrogens is 1. The number of rotatable bonds is 6.